The molecule has 4 nitrogen and oxygen atoms in total. The maximum Gasteiger partial charge on any atom is 0.0958 e. The molecule has 1 heterocycles. The van der Waals surface area contributed by atoms with Gasteiger partial charge in [-0.05, 0) is 49.9 Å². The van der Waals surface area contributed by atoms with Gasteiger partial charge in [-0.1, -0.05) is 17.7 Å². The van der Waals surface area contributed by atoms with Crippen molar-refractivity contribution >= 4 is 17.3 Å². The zero-order chi connectivity index (χ0) is 15.2. The summed E-state index contributed by atoms with van der Waals surface area (Å²) in [6.07, 6.45) is 2.02. The van der Waals surface area contributed by atoms with Gasteiger partial charge in [0.15, 0.2) is 0 Å². The van der Waals surface area contributed by atoms with Gasteiger partial charge in [0, 0.05) is 18.7 Å². The summed E-state index contributed by atoms with van der Waals surface area (Å²) in [5, 5.41) is 16.2. The Morgan fingerprint density at radius 1 is 1.48 bits per heavy atom. The van der Waals surface area contributed by atoms with Crippen molar-refractivity contribution in [1.82, 2.24) is 9.78 Å². The first-order chi connectivity index (χ1) is 9.94. The Morgan fingerprint density at radius 3 is 2.95 bits per heavy atom. The molecule has 0 saturated heterocycles. The minimum Gasteiger partial charge on any atom is -0.399 e. The molecule has 1 aromatic carbocycles. The zero-order valence-electron chi connectivity index (χ0n) is 12.4. The van der Waals surface area contributed by atoms with E-state index in [1.165, 1.54) is 0 Å². The number of fused-ring (bicyclic) bond motifs is 1. The van der Waals surface area contributed by atoms with Crippen molar-refractivity contribution in [3.63, 3.8) is 0 Å². The molecule has 0 fully saturated rings. The fraction of sp³-hybridized carbons (Fsp3) is 0.438. The molecule has 1 unspecified atom stereocenters. The van der Waals surface area contributed by atoms with E-state index in [1.807, 2.05) is 36.7 Å². The highest BCUT2D eigenvalue weighted by Crippen LogP contribution is 2.41. The van der Waals surface area contributed by atoms with Crippen molar-refractivity contribution < 1.29 is 5.11 Å². The Kier molecular flexibility index (Phi) is 3.46. The quantitative estimate of drug-likeness (QED) is 0.857. The second kappa shape index (κ2) is 5.04. The predicted octanol–water partition coefficient (Wildman–Crippen LogP) is 2.82. The summed E-state index contributed by atoms with van der Waals surface area (Å²) in [6, 6.07) is 5.74. The highest BCUT2D eigenvalue weighted by Gasteiger charge is 2.38. The summed E-state index contributed by atoms with van der Waals surface area (Å²) >= 11 is 6.37. The van der Waals surface area contributed by atoms with Crippen LogP contribution in [0.4, 0.5) is 5.69 Å². The van der Waals surface area contributed by atoms with Crippen LogP contribution in [0.2, 0.25) is 5.02 Å². The second-order valence-electron chi connectivity index (χ2n) is 5.79. The summed E-state index contributed by atoms with van der Waals surface area (Å²) in [7, 11) is 0. The molecular weight excluding hydrogens is 286 g/mol. The van der Waals surface area contributed by atoms with Gasteiger partial charge in [0.25, 0.3) is 0 Å². The largest absolute Gasteiger partial charge is 0.399 e. The first-order valence-corrected chi connectivity index (χ1v) is 7.65. The highest BCUT2D eigenvalue weighted by atomic mass is 35.5. The fourth-order valence-electron chi connectivity index (χ4n) is 3.25. The molecule has 5 heteroatoms. The van der Waals surface area contributed by atoms with E-state index in [9.17, 15) is 5.11 Å². The molecule has 1 aliphatic rings. The van der Waals surface area contributed by atoms with Gasteiger partial charge in [-0.3, -0.25) is 4.68 Å². The summed E-state index contributed by atoms with van der Waals surface area (Å²) in [5.74, 6) is 0. The van der Waals surface area contributed by atoms with Crippen molar-refractivity contribution in [2.75, 3.05) is 5.73 Å². The number of hydrogen-bond acceptors (Lipinski definition) is 3. The van der Waals surface area contributed by atoms with E-state index < -0.39 is 5.60 Å². The zero-order valence-corrected chi connectivity index (χ0v) is 13.1. The van der Waals surface area contributed by atoms with Crippen LogP contribution in [0, 0.1) is 6.92 Å². The third-order valence-corrected chi connectivity index (χ3v) is 4.84. The molecule has 0 spiro atoms. The van der Waals surface area contributed by atoms with Gasteiger partial charge in [-0.15, -0.1) is 0 Å². The molecule has 0 bridgehead atoms. The summed E-state index contributed by atoms with van der Waals surface area (Å²) in [4.78, 5) is 0. The molecule has 21 heavy (non-hydrogen) atoms. The number of nitrogen functional groups attached to an aromatic ring is 1. The third kappa shape index (κ3) is 2.32. The van der Waals surface area contributed by atoms with Gasteiger partial charge in [0.1, 0.15) is 0 Å². The number of anilines is 1. The minimum absolute atomic E-state index is 0.484. The minimum atomic E-state index is -0.883. The third-order valence-electron chi connectivity index (χ3n) is 4.35. The number of nitrogens with two attached hydrogens (primary N) is 1. The van der Waals surface area contributed by atoms with Gasteiger partial charge < -0.3 is 10.8 Å². The van der Waals surface area contributed by atoms with E-state index in [0.29, 0.717) is 17.9 Å². The van der Waals surface area contributed by atoms with Crippen LogP contribution in [0.15, 0.2) is 18.2 Å². The van der Waals surface area contributed by atoms with Crippen molar-refractivity contribution in [3.05, 3.63) is 45.7 Å². The Bertz CT molecular complexity index is 695. The first kappa shape index (κ1) is 14.4. The van der Waals surface area contributed by atoms with Crippen LogP contribution in [0.3, 0.4) is 0 Å². The van der Waals surface area contributed by atoms with Gasteiger partial charge in [-0.2, -0.15) is 5.10 Å². The average Bonchev–Trinajstić information content (AvgIpc) is 2.91. The van der Waals surface area contributed by atoms with Crippen LogP contribution < -0.4 is 5.73 Å². The van der Waals surface area contributed by atoms with Gasteiger partial charge in [0.05, 0.1) is 22.0 Å². The van der Waals surface area contributed by atoms with Crippen molar-refractivity contribution in [2.45, 2.75) is 45.3 Å². The van der Waals surface area contributed by atoms with E-state index in [1.54, 1.807) is 0 Å². The van der Waals surface area contributed by atoms with E-state index in [2.05, 4.69) is 5.10 Å². The number of benzene rings is 1. The van der Waals surface area contributed by atoms with Gasteiger partial charge in [-0.25, -0.2) is 0 Å². The SMILES string of the molecule is CCn1nc(C)c(Cl)c1CC1(O)CCc2cc(N)ccc21. The molecule has 2 aromatic rings. The first-order valence-electron chi connectivity index (χ1n) is 7.27. The Morgan fingerprint density at radius 2 is 2.24 bits per heavy atom. The normalized spacial score (nSPS) is 20.8. The van der Waals surface area contributed by atoms with E-state index >= 15 is 0 Å². The molecule has 3 N–H and O–H groups in total. The van der Waals surface area contributed by atoms with E-state index in [4.69, 9.17) is 17.3 Å². The Hall–Kier alpha value is -1.52. The Labute approximate surface area is 129 Å². The number of nitrogens with zero attached hydrogens (tertiary/aromatic N) is 2. The lowest BCUT2D eigenvalue weighted by molar-refractivity contribution is 0.0369. The molecule has 1 aromatic heterocycles. The molecule has 0 aliphatic heterocycles. The molecule has 1 aliphatic carbocycles. The maximum atomic E-state index is 11.1. The monoisotopic (exact) mass is 305 g/mol. The summed E-state index contributed by atoms with van der Waals surface area (Å²) in [6.45, 7) is 4.67. The predicted molar refractivity (Wildman–Crippen MR) is 84.4 cm³/mol. The molecule has 3 rings (SSSR count). The molecule has 0 saturated carbocycles. The van der Waals surface area contributed by atoms with Crippen molar-refractivity contribution in [2.24, 2.45) is 0 Å². The standard InChI is InChI=1S/C16H20ClN3O/c1-3-20-14(15(17)10(2)19-20)9-16(21)7-6-11-8-12(18)4-5-13(11)16/h4-5,8,21H,3,6-7,9,18H2,1-2H3. The van der Waals surface area contributed by atoms with Gasteiger partial charge >= 0.3 is 0 Å². The lowest BCUT2D eigenvalue weighted by Gasteiger charge is -2.24. The second-order valence-corrected chi connectivity index (χ2v) is 6.16. The highest BCUT2D eigenvalue weighted by molar-refractivity contribution is 6.31. The number of aliphatic hydroxyl groups is 1. The lowest BCUT2D eigenvalue weighted by atomic mass is 9.90. The average molecular weight is 306 g/mol. The topological polar surface area (TPSA) is 64.1 Å². The lowest BCUT2D eigenvalue weighted by Crippen LogP contribution is -2.27. The van der Waals surface area contributed by atoms with Crippen LogP contribution in [0.5, 0.6) is 0 Å². The molecular formula is C16H20ClN3O. The molecule has 0 amide bonds. The number of halogens is 1. The van der Waals surface area contributed by atoms with Crippen LogP contribution in [0.25, 0.3) is 0 Å². The number of aryl methyl sites for hydroxylation is 3. The van der Waals surface area contributed by atoms with Crippen molar-refractivity contribution in [3.8, 4) is 0 Å². The summed E-state index contributed by atoms with van der Waals surface area (Å²) in [5.41, 5.74) is 9.50. The van der Waals surface area contributed by atoms with Crippen LogP contribution in [0.1, 0.15) is 35.9 Å². The smallest absolute Gasteiger partial charge is 0.0958 e. The number of rotatable bonds is 3. The molecule has 1 atom stereocenters. The van der Waals surface area contributed by atoms with Gasteiger partial charge in [0.2, 0.25) is 0 Å². The number of aromatic nitrogens is 2. The van der Waals surface area contributed by atoms with E-state index in [0.717, 1.165) is 41.2 Å². The fourth-order valence-corrected chi connectivity index (χ4v) is 3.45. The number of hydrogen-bond donors (Lipinski definition) is 2. The van der Waals surface area contributed by atoms with Crippen molar-refractivity contribution in [1.29, 1.82) is 0 Å². The summed E-state index contributed by atoms with van der Waals surface area (Å²) < 4.78 is 1.88. The van der Waals surface area contributed by atoms with Crippen LogP contribution in [-0.4, -0.2) is 14.9 Å². The Balaban J connectivity index is 2.00. The molecule has 0 radical (unpaired) electrons. The maximum absolute atomic E-state index is 11.1. The van der Waals surface area contributed by atoms with Crippen LogP contribution in [-0.2, 0) is 25.0 Å². The van der Waals surface area contributed by atoms with Crippen LogP contribution >= 0.6 is 11.6 Å². The van der Waals surface area contributed by atoms with E-state index in [-0.39, 0.29) is 0 Å². The molecule has 112 valence electrons.